The molecule has 3 aromatic carbocycles. The number of carbonyl (C=O) groups is 3. The van der Waals surface area contributed by atoms with Crippen molar-refractivity contribution in [2.75, 3.05) is 16.8 Å². The van der Waals surface area contributed by atoms with Crippen molar-refractivity contribution in [3.05, 3.63) is 90.0 Å². The molecule has 1 aliphatic rings. The Hall–Kier alpha value is -4.13. The van der Waals surface area contributed by atoms with Gasteiger partial charge in [0.25, 0.3) is 11.8 Å². The second kappa shape index (κ2) is 10.2. The molecule has 0 radical (unpaired) electrons. The van der Waals surface area contributed by atoms with E-state index < -0.39 is 6.10 Å². The molecule has 0 saturated heterocycles. The fraction of sp³-hybridized carbons (Fsp3) is 0.222. The van der Waals surface area contributed by atoms with E-state index in [-0.39, 0.29) is 36.7 Å². The van der Waals surface area contributed by atoms with E-state index >= 15 is 0 Å². The van der Waals surface area contributed by atoms with Gasteiger partial charge in [-0.25, -0.2) is 0 Å². The fourth-order valence-corrected chi connectivity index (χ4v) is 3.88. The number of amides is 3. The van der Waals surface area contributed by atoms with Gasteiger partial charge in [-0.1, -0.05) is 42.5 Å². The average Bonchev–Trinajstić information content (AvgIpc) is 2.85. The topological polar surface area (TPSA) is 87.7 Å². The van der Waals surface area contributed by atoms with Gasteiger partial charge in [0.15, 0.2) is 6.10 Å². The highest BCUT2D eigenvalue weighted by molar-refractivity contribution is 6.04. The molecule has 0 saturated carbocycles. The Balaban J connectivity index is 1.35. The molecule has 0 spiro atoms. The van der Waals surface area contributed by atoms with Crippen LogP contribution in [0.3, 0.4) is 0 Å². The van der Waals surface area contributed by atoms with Crippen LogP contribution in [-0.4, -0.2) is 30.4 Å². The number of fused-ring (bicyclic) bond motifs is 1. The lowest BCUT2D eigenvalue weighted by Crippen LogP contribution is -2.45. The molecule has 7 heteroatoms. The number of nitrogens with one attached hydrogen (secondary N) is 2. The lowest BCUT2D eigenvalue weighted by atomic mass is 10.1. The summed E-state index contributed by atoms with van der Waals surface area (Å²) in [6.45, 7) is 3.85. The lowest BCUT2D eigenvalue weighted by Gasteiger charge is -2.32. The van der Waals surface area contributed by atoms with Gasteiger partial charge in [-0.2, -0.15) is 0 Å². The number of hydrogen-bond donors (Lipinski definition) is 2. The molecule has 2 unspecified atom stereocenters. The Morgan fingerprint density at radius 2 is 1.74 bits per heavy atom. The summed E-state index contributed by atoms with van der Waals surface area (Å²) in [5.74, 6) is 0.105. The summed E-state index contributed by atoms with van der Waals surface area (Å²) >= 11 is 0. The van der Waals surface area contributed by atoms with Crippen molar-refractivity contribution in [3.8, 4) is 5.75 Å². The third-order valence-electron chi connectivity index (χ3n) is 5.69. The van der Waals surface area contributed by atoms with Crippen molar-refractivity contribution in [2.45, 2.75) is 32.4 Å². The zero-order valence-corrected chi connectivity index (χ0v) is 19.2. The molecule has 2 N–H and O–H groups in total. The molecule has 4 rings (SSSR count). The van der Waals surface area contributed by atoms with E-state index in [0.717, 1.165) is 5.56 Å². The highest BCUT2D eigenvalue weighted by atomic mass is 16.5. The van der Waals surface area contributed by atoms with Gasteiger partial charge in [-0.15, -0.1) is 0 Å². The molecule has 0 fully saturated rings. The monoisotopic (exact) mass is 457 g/mol. The number of benzene rings is 3. The van der Waals surface area contributed by atoms with E-state index in [2.05, 4.69) is 10.6 Å². The van der Waals surface area contributed by atoms with Crippen LogP contribution in [0.15, 0.2) is 78.9 Å². The Bertz CT molecular complexity index is 1200. The van der Waals surface area contributed by atoms with Crippen LogP contribution < -0.4 is 20.3 Å². The van der Waals surface area contributed by atoms with Crippen LogP contribution in [0.25, 0.3) is 0 Å². The van der Waals surface area contributed by atoms with Gasteiger partial charge in [0, 0.05) is 24.2 Å². The maximum absolute atomic E-state index is 12.7. The summed E-state index contributed by atoms with van der Waals surface area (Å²) in [5, 5.41) is 5.86. The number of rotatable bonds is 7. The molecule has 3 amide bonds. The Morgan fingerprint density at radius 3 is 2.53 bits per heavy atom. The lowest BCUT2D eigenvalue weighted by molar-refractivity contribution is -0.125. The first-order valence-electron chi connectivity index (χ1n) is 11.2. The second-order valence-corrected chi connectivity index (χ2v) is 8.20. The van der Waals surface area contributed by atoms with Gasteiger partial charge in [0.2, 0.25) is 5.91 Å². The standard InChI is InChI=1S/C27H27N3O4/c1-18(21-11-8-12-22(17-21)29-26(32)20-9-4-3-5-10-20)28-25(31)15-16-30-23-13-6-7-14-24(23)34-19(2)27(30)33/h3-14,17-19H,15-16H2,1-2H3,(H,28,31)(H,29,32). The molecule has 34 heavy (non-hydrogen) atoms. The van der Waals surface area contributed by atoms with Crippen LogP contribution in [0.1, 0.15) is 42.2 Å². The summed E-state index contributed by atoms with van der Waals surface area (Å²) in [4.78, 5) is 39.3. The predicted molar refractivity (Wildman–Crippen MR) is 131 cm³/mol. The molecular weight excluding hydrogens is 430 g/mol. The van der Waals surface area contributed by atoms with Crippen molar-refractivity contribution >= 4 is 29.1 Å². The first kappa shape index (κ1) is 23.0. The first-order valence-corrected chi connectivity index (χ1v) is 11.2. The van der Waals surface area contributed by atoms with Gasteiger partial charge >= 0.3 is 0 Å². The third kappa shape index (κ3) is 5.26. The molecule has 3 aromatic rings. The van der Waals surface area contributed by atoms with Crippen LogP contribution in [0.5, 0.6) is 5.75 Å². The minimum Gasteiger partial charge on any atom is -0.479 e. The second-order valence-electron chi connectivity index (χ2n) is 8.20. The SMILES string of the molecule is CC1Oc2ccccc2N(CCC(=O)NC(C)c2cccc(NC(=O)c3ccccc3)c2)C1=O. The zero-order chi connectivity index (χ0) is 24.1. The highest BCUT2D eigenvalue weighted by Gasteiger charge is 2.31. The minimum absolute atomic E-state index is 0.154. The third-order valence-corrected chi connectivity index (χ3v) is 5.69. The largest absolute Gasteiger partial charge is 0.479 e. The highest BCUT2D eigenvalue weighted by Crippen LogP contribution is 2.33. The maximum atomic E-state index is 12.7. The van der Waals surface area contributed by atoms with E-state index in [1.165, 1.54) is 0 Å². The van der Waals surface area contributed by atoms with Crippen LogP contribution in [0.2, 0.25) is 0 Å². The van der Waals surface area contributed by atoms with Crippen LogP contribution in [0.4, 0.5) is 11.4 Å². The van der Waals surface area contributed by atoms with Crippen molar-refractivity contribution in [1.29, 1.82) is 0 Å². The van der Waals surface area contributed by atoms with E-state index in [1.807, 2.05) is 73.7 Å². The molecule has 7 nitrogen and oxygen atoms in total. The number of nitrogens with zero attached hydrogens (tertiary/aromatic N) is 1. The molecule has 0 bridgehead atoms. The van der Waals surface area contributed by atoms with Crippen LogP contribution >= 0.6 is 0 Å². The van der Waals surface area contributed by atoms with E-state index in [9.17, 15) is 14.4 Å². The molecule has 1 aliphatic heterocycles. The summed E-state index contributed by atoms with van der Waals surface area (Å²) in [7, 11) is 0. The van der Waals surface area contributed by atoms with Crippen molar-refractivity contribution in [1.82, 2.24) is 5.32 Å². The maximum Gasteiger partial charge on any atom is 0.267 e. The number of ether oxygens (including phenoxy) is 1. The van der Waals surface area contributed by atoms with Gasteiger partial charge in [-0.3, -0.25) is 14.4 Å². The van der Waals surface area contributed by atoms with Crippen LogP contribution in [0, 0.1) is 0 Å². The average molecular weight is 458 g/mol. The van der Waals surface area contributed by atoms with Gasteiger partial charge in [0.1, 0.15) is 5.75 Å². The molecule has 174 valence electrons. The van der Waals surface area contributed by atoms with E-state index in [4.69, 9.17) is 4.74 Å². The summed E-state index contributed by atoms with van der Waals surface area (Å²) < 4.78 is 5.65. The normalized spacial score (nSPS) is 15.6. The summed E-state index contributed by atoms with van der Waals surface area (Å²) in [6, 6.07) is 23.4. The van der Waals surface area contributed by atoms with Crippen molar-refractivity contribution in [3.63, 3.8) is 0 Å². The molecular formula is C27H27N3O4. The molecule has 0 aromatic heterocycles. The minimum atomic E-state index is -0.592. The molecule has 0 aliphatic carbocycles. The van der Waals surface area contributed by atoms with Crippen molar-refractivity contribution < 1.29 is 19.1 Å². The Morgan fingerprint density at radius 1 is 1.00 bits per heavy atom. The fourth-order valence-electron chi connectivity index (χ4n) is 3.88. The van der Waals surface area contributed by atoms with Crippen molar-refractivity contribution in [2.24, 2.45) is 0 Å². The van der Waals surface area contributed by atoms with E-state index in [1.54, 1.807) is 24.0 Å². The smallest absolute Gasteiger partial charge is 0.267 e. The van der Waals surface area contributed by atoms with Gasteiger partial charge in [0.05, 0.1) is 11.7 Å². The number of para-hydroxylation sites is 2. The Labute approximate surface area is 198 Å². The Kier molecular flexibility index (Phi) is 6.92. The number of carbonyl (C=O) groups excluding carboxylic acids is 3. The van der Waals surface area contributed by atoms with Gasteiger partial charge in [-0.05, 0) is 55.8 Å². The number of hydrogen-bond acceptors (Lipinski definition) is 4. The van der Waals surface area contributed by atoms with Gasteiger partial charge < -0.3 is 20.3 Å². The zero-order valence-electron chi connectivity index (χ0n) is 19.2. The van der Waals surface area contributed by atoms with Crippen LogP contribution in [-0.2, 0) is 9.59 Å². The summed E-state index contributed by atoms with van der Waals surface area (Å²) in [5.41, 5.74) is 2.76. The molecule has 1 heterocycles. The van der Waals surface area contributed by atoms with E-state index in [0.29, 0.717) is 22.7 Å². The first-order chi connectivity index (χ1) is 16.4. The summed E-state index contributed by atoms with van der Waals surface area (Å²) in [6.07, 6.45) is -0.438. The predicted octanol–water partition coefficient (Wildman–Crippen LogP) is 4.32. The number of anilines is 2. The molecule has 2 atom stereocenters. The quantitative estimate of drug-likeness (QED) is 0.553.